The first-order chi connectivity index (χ1) is 14.4. The van der Waals surface area contributed by atoms with Crippen LogP contribution in [-0.2, 0) is 19.1 Å². The number of hydrogen-bond acceptors (Lipinski definition) is 8. The predicted octanol–water partition coefficient (Wildman–Crippen LogP) is 2.99. The quantitative estimate of drug-likeness (QED) is 0.412. The highest BCUT2D eigenvalue weighted by Crippen LogP contribution is 2.39. The van der Waals surface area contributed by atoms with Gasteiger partial charge in [-0.05, 0) is 43.5 Å². The lowest BCUT2D eigenvalue weighted by Crippen LogP contribution is -2.28. The number of nitrogens with zero attached hydrogens (tertiary/aromatic N) is 3. The number of benzene rings is 1. The van der Waals surface area contributed by atoms with E-state index in [1.165, 1.54) is 31.3 Å². The van der Waals surface area contributed by atoms with Crippen molar-refractivity contribution >= 4 is 29.0 Å². The summed E-state index contributed by atoms with van der Waals surface area (Å²) in [6.07, 6.45) is 8.26. The molecule has 0 bridgehead atoms. The van der Waals surface area contributed by atoms with Gasteiger partial charge < -0.3 is 19.3 Å². The van der Waals surface area contributed by atoms with Crippen molar-refractivity contribution in [1.29, 1.82) is 0 Å². The highest BCUT2D eigenvalue weighted by molar-refractivity contribution is 6.05. The molecule has 9 nitrogen and oxygen atoms in total. The van der Waals surface area contributed by atoms with Crippen LogP contribution in [0.15, 0.2) is 47.8 Å². The Hall–Kier alpha value is -3.62. The summed E-state index contributed by atoms with van der Waals surface area (Å²) >= 11 is 0. The highest BCUT2D eigenvalue weighted by atomic mass is 16.6. The average molecular weight is 413 g/mol. The maximum absolute atomic E-state index is 12.6. The molecule has 1 aromatic carbocycles. The van der Waals surface area contributed by atoms with Crippen molar-refractivity contribution in [2.24, 2.45) is 0 Å². The van der Waals surface area contributed by atoms with Crippen molar-refractivity contribution in [3.05, 3.63) is 63.5 Å². The van der Waals surface area contributed by atoms with Crippen LogP contribution < -0.4 is 9.80 Å². The largest absolute Gasteiger partial charge is 0.465 e. The van der Waals surface area contributed by atoms with Crippen molar-refractivity contribution in [2.45, 2.75) is 19.8 Å². The number of hydrogen-bond donors (Lipinski definition) is 0. The third-order valence-electron chi connectivity index (χ3n) is 5.09. The van der Waals surface area contributed by atoms with Crippen LogP contribution in [0.5, 0.6) is 0 Å². The minimum Gasteiger partial charge on any atom is -0.465 e. The van der Waals surface area contributed by atoms with Crippen LogP contribution in [0, 0.1) is 17.0 Å². The predicted molar refractivity (Wildman–Crippen MR) is 111 cm³/mol. The molecule has 1 aromatic rings. The number of carbonyl (C=O) groups excluding carboxylic acids is 2. The van der Waals surface area contributed by atoms with E-state index in [2.05, 4.69) is 0 Å². The normalized spacial score (nSPS) is 16.0. The SMILES string of the molecule is COC(=O)C1=C(C(=O)OC)N(c2cc(N3CCCC3)c([N+](=O)[O-])cc2C)C=CC=C1. The van der Waals surface area contributed by atoms with Crippen LogP contribution in [0.4, 0.5) is 17.1 Å². The summed E-state index contributed by atoms with van der Waals surface area (Å²) in [6.45, 7) is 3.15. The van der Waals surface area contributed by atoms with E-state index >= 15 is 0 Å². The van der Waals surface area contributed by atoms with Gasteiger partial charge in [0.1, 0.15) is 11.4 Å². The summed E-state index contributed by atoms with van der Waals surface area (Å²) < 4.78 is 9.75. The monoisotopic (exact) mass is 413 g/mol. The van der Waals surface area contributed by atoms with E-state index in [-0.39, 0.29) is 17.0 Å². The molecule has 0 radical (unpaired) electrons. The molecule has 1 fully saturated rings. The van der Waals surface area contributed by atoms with Gasteiger partial charge in [-0.25, -0.2) is 9.59 Å². The number of carbonyl (C=O) groups is 2. The van der Waals surface area contributed by atoms with Crippen LogP contribution in [0.1, 0.15) is 18.4 Å². The van der Waals surface area contributed by atoms with E-state index < -0.39 is 16.9 Å². The fraction of sp³-hybridized carbons (Fsp3) is 0.333. The second-order valence-electron chi connectivity index (χ2n) is 6.89. The Kier molecular flexibility index (Phi) is 6.20. The smallest absolute Gasteiger partial charge is 0.355 e. The van der Waals surface area contributed by atoms with Gasteiger partial charge in [0.25, 0.3) is 5.69 Å². The number of rotatable bonds is 5. The molecule has 0 atom stereocenters. The Morgan fingerprint density at radius 3 is 2.30 bits per heavy atom. The van der Waals surface area contributed by atoms with Gasteiger partial charge in [-0.1, -0.05) is 6.08 Å². The van der Waals surface area contributed by atoms with Crippen LogP contribution in [0.2, 0.25) is 0 Å². The van der Waals surface area contributed by atoms with E-state index in [9.17, 15) is 19.7 Å². The molecule has 9 heteroatoms. The molecule has 2 aliphatic rings. The zero-order valence-electron chi connectivity index (χ0n) is 17.1. The summed E-state index contributed by atoms with van der Waals surface area (Å²) in [7, 11) is 2.45. The first-order valence-corrected chi connectivity index (χ1v) is 9.48. The van der Waals surface area contributed by atoms with Gasteiger partial charge in [0.05, 0.1) is 30.4 Å². The maximum atomic E-state index is 12.6. The summed E-state index contributed by atoms with van der Waals surface area (Å²) in [5, 5.41) is 11.7. The van der Waals surface area contributed by atoms with Crippen molar-refractivity contribution in [3.8, 4) is 0 Å². The number of anilines is 2. The number of ether oxygens (including phenoxy) is 2. The number of nitro groups is 1. The molecule has 0 aliphatic carbocycles. The van der Waals surface area contributed by atoms with Crippen LogP contribution in [-0.4, -0.2) is 44.2 Å². The number of methoxy groups -OCH3 is 2. The standard InChI is InChI=1S/C21H23N3O6/c1-14-12-18(24(27)28)17(22-9-6-7-10-22)13-16(14)23-11-5-4-8-15(20(25)29-2)19(23)21(26)30-3/h4-5,8,11-13H,6-7,9-10H2,1-3H3. The Bertz CT molecular complexity index is 973. The lowest BCUT2D eigenvalue weighted by molar-refractivity contribution is -0.384. The Morgan fingerprint density at radius 1 is 1.03 bits per heavy atom. The summed E-state index contributed by atoms with van der Waals surface area (Å²) in [5.74, 6) is -1.42. The first-order valence-electron chi connectivity index (χ1n) is 9.48. The van der Waals surface area contributed by atoms with Gasteiger partial charge in [-0.15, -0.1) is 0 Å². The van der Waals surface area contributed by atoms with Crippen molar-refractivity contribution < 1.29 is 24.0 Å². The van der Waals surface area contributed by atoms with E-state index in [1.807, 2.05) is 4.90 Å². The molecule has 0 amide bonds. The molecule has 2 aliphatic heterocycles. The van der Waals surface area contributed by atoms with E-state index in [0.29, 0.717) is 30.0 Å². The number of aryl methyl sites for hydroxylation is 1. The summed E-state index contributed by atoms with van der Waals surface area (Å²) in [4.78, 5) is 39.7. The van der Waals surface area contributed by atoms with Gasteiger partial charge in [-0.3, -0.25) is 10.1 Å². The van der Waals surface area contributed by atoms with Gasteiger partial charge in [0.15, 0.2) is 0 Å². The molecule has 2 heterocycles. The first kappa shape index (κ1) is 21.1. The fourth-order valence-electron chi connectivity index (χ4n) is 3.64. The molecule has 3 rings (SSSR count). The lowest BCUT2D eigenvalue weighted by Gasteiger charge is -2.27. The van der Waals surface area contributed by atoms with E-state index in [0.717, 1.165) is 12.8 Å². The molecule has 158 valence electrons. The van der Waals surface area contributed by atoms with Crippen LogP contribution >= 0.6 is 0 Å². The minimum atomic E-state index is -0.730. The molecular formula is C21H23N3O6. The zero-order chi connectivity index (χ0) is 21.8. The van der Waals surface area contributed by atoms with Crippen molar-refractivity contribution in [3.63, 3.8) is 0 Å². The molecular weight excluding hydrogens is 390 g/mol. The maximum Gasteiger partial charge on any atom is 0.355 e. The third kappa shape index (κ3) is 3.91. The number of allylic oxidation sites excluding steroid dienone is 2. The molecule has 0 spiro atoms. The molecule has 30 heavy (non-hydrogen) atoms. The van der Waals surface area contributed by atoms with Crippen LogP contribution in [0.3, 0.4) is 0 Å². The Morgan fingerprint density at radius 2 is 1.70 bits per heavy atom. The molecule has 0 N–H and O–H groups in total. The average Bonchev–Trinajstić information content (AvgIpc) is 3.18. The lowest BCUT2D eigenvalue weighted by atomic mass is 10.1. The third-order valence-corrected chi connectivity index (χ3v) is 5.09. The van der Waals surface area contributed by atoms with E-state index in [1.54, 1.807) is 31.3 Å². The summed E-state index contributed by atoms with van der Waals surface area (Å²) in [6, 6.07) is 3.17. The molecule has 0 saturated carbocycles. The van der Waals surface area contributed by atoms with Gasteiger partial charge in [0.2, 0.25) is 0 Å². The fourth-order valence-corrected chi connectivity index (χ4v) is 3.64. The Balaban J connectivity index is 2.23. The van der Waals surface area contributed by atoms with E-state index in [4.69, 9.17) is 9.47 Å². The van der Waals surface area contributed by atoms with Crippen LogP contribution in [0.25, 0.3) is 0 Å². The second-order valence-corrected chi connectivity index (χ2v) is 6.89. The van der Waals surface area contributed by atoms with Crippen molar-refractivity contribution in [2.75, 3.05) is 37.1 Å². The topological polar surface area (TPSA) is 102 Å². The Labute approximate surface area is 174 Å². The van der Waals surface area contributed by atoms with Gasteiger partial charge in [0, 0.05) is 25.4 Å². The minimum absolute atomic E-state index is 0.00636. The van der Waals surface area contributed by atoms with Gasteiger partial charge in [-0.2, -0.15) is 0 Å². The zero-order valence-corrected chi connectivity index (χ0v) is 17.1. The molecule has 1 saturated heterocycles. The number of esters is 2. The summed E-state index contributed by atoms with van der Waals surface area (Å²) in [5.41, 5.74) is 1.58. The second kappa shape index (κ2) is 8.81. The van der Waals surface area contributed by atoms with Crippen molar-refractivity contribution in [1.82, 2.24) is 0 Å². The highest BCUT2D eigenvalue weighted by Gasteiger charge is 2.31. The van der Waals surface area contributed by atoms with Gasteiger partial charge >= 0.3 is 11.9 Å². The number of nitro benzene ring substituents is 1. The molecule has 0 unspecified atom stereocenters. The molecule has 0 aromatic heterocycles.